The largest absolute Gasteiger partial charge is 0.324 e. The monoisotopic (exact) mass is 248 g/mol. The molecule has 0 spiro atoms. The van der Waals surface area contributed by atoms with Crippen molar-refractivity contribution in [2.75, 3.05) is 0 Å². The molecule has 0 saturated carbocycles. The van der Waals surface area contributed by atoms with Crippen LogP contribution in [-0.4, -0.2) is 4.92 Å². The lowest BCUT2D eigenvalue weighted by atomic mass is 10.0. The molecule has 2 rings (SSSR count). The van der Waals surface area contributed by atoms with Crippen LogP contribution in [0, 0.1) is 10.1 Å². The molecule has 1 aromatic heterocycles. The van der Waals surface area contributed by atoms with Crippen LogP contribution in [0.2, 0.25) is 0 Å². The highest BCUT2D eigenvalue weighted by Gasteiger charge is 2.16. The number of para-hydroxylation sites is 1. The highest BCUT2D eigenvalue weighted by molar-refractivity contribution is 7.07. The lowest BCUT2D eigenvalue weighted by Gasteiger charge is -2.10. The van der Waals surface area contributed by atoms with Crippen LogP contribution < -0.4 is 5.73 Å². The number of nitro groups is 1. The van der Waals surface area contributed by atoms with Crippen LogP contribution >= 0.6 is 11.3 Å². The van der Waals surface area contributed by atoms with Gasteiger partial charge < -0.3 is 5.73 Å². The predicted molar refractivity (Wildman–Crippen MR) is 68.0 cm³/mol. The van der Waals surface area contributed by atoms with Gasteiger partial charge in [0.1, 0.15) is 0 Å². The van der Waals surface area contributed by atoms with E-state index in [0.29, 0.717) is 12.0 Å². The topological polar surface area (TPSA) is 69.2 Å². The quantitative estimate of drug-likeness (QED) is 0.668. The first-order valence-electron chi connectivity index (χ1n) is 5.18. The van der Waals surface area contributed by atoms with Crippen molar-refractivity contribution in [2.24, 2.45) is 5.73 Å². The van der Waals surface area contributed by atoms with Crippen molar-refractivity contribution in [3.8, 4) is 0 Å². The molecular weight excluding hydrogens is 236 g/mol. The highest BCUT2D eigenvalue weighted by Crippen LogP contribution is 2.24. The van der Waals surface area contributed by atoms with Crippen LogP contribution in [0.5, 0.6) is 0 Å². The molecule has 0 amide bonds. The molecule has 88 valence electrons. The van der Waals surface area contributed by atoms with E-state index in [2.05, 4.69) is 0 Å². The molecule has 4 nitrogen and oxygen atoms in total. The summed E-state index contributed by atoms with van der Waals surface area (Å²) in [4.78, 5) is 10.5. The Labute approximate surface area is 103 Å². The number of nitro benzene ring substituents is 1. The van der Waals surface area contributed by atoms with E-state index in [1.807, 2.05) is 16.8 Å². The minimum absolute atomic E-state index is 0.137. The number of thiophene rings is 1. The highest BCUT2D eigenvalue weighted by atomic mass is 32.1. The number of benzene rings is 1. The van der Waals surface area contributed by atoms with E-state index in [0.717, 1.165) is 5.56 Å². The van der Waals surface area contributed by atoms with Gasteiger partial charge in [-0.15, -0.1) is 0 Å². The van der Waals surface area contributed by atoms with Gasteiger partial charge in [-0.1, -0.05) is 18.2 Å². The predicted octanol–water partition coefficient (Wildman–Crippen LogP) is 2.90. The van der Waals surface area contributed by atoms with Gasteiger partial charge >= 0.3 is 0 Å². The van der Waals surface area contributed by atoms with Crippen molar-refractivity contribution >= 4 is 17.0 Å². The number of rotatable bonds is 4. The Morgan fingerprint density at radius 3 is 2.76 bits per heavy atom. The van der Waals surface area contributed by atoms with Crippen LogP contribution in [0.25, 0.3) is 0 Å². The first kappa shape index (κ1) is 11.8. The maximum Gasteiger partial charge on any atom is 0.272 e. The fourth-order valence-corrected chi connectivity index (χ4v) is 2.43. The lowest BCUT2D eigenvalue weighted by molar-refractivity contribution is -0.385. The maximum atomic E-state index is 10.9. The Kier molecular flexibility index (Phi) is 3.51. The van der Waals surface area contributed by atoms with Crippen molar-refractivity contribution in [1.82, 2.24) is 0 Å². The Hall–Kier alpha value is -1.72. The number of hydrogen-bond donors (Lipinski definition) is 1. The van der Waals surface area contributed by atoms with E-state index in [1.54, 1.807) is 29.5 Å². The average molecular weight is 248 g/mol. The number of hydrogen-bond acceptors (Lipinski definition) is 4. The molecule has 1 heterocycles. The Morgan fingerprint density at radius 1 is 1.35 bits per heavy atom. The zero-order valence-electron chi connectivity index (χ0n) is 9.08. The van der Waals surface area contributed by atoms with Gasteiger partial charge in [0, 0.05) is 17.7 Å². The van der Waals surface area contributed by atoms with E-state index in [9.17, 15) is 10.1 Å². The van der Waals surface area contributed by atoms with Crippen molar-refractivity contribution < 1.29 is 4.92 Å². The van der Waals surface area contributed by atoms with Gasteiger partial charge in [-0.2, -0.15) is 11.3 Å². The summed E-state index contributed by atoms with van der Waals surface area (Å²) in [5.74, 6) is 0. The Morgan fingerprint density at radius 2 is 2.12 bits per heavy atom. The summed E-state index contributed by atoms with van der Waals surface area (Å²) in [6, 6.07) is 8.48. The summed E-state index contributed by atoms with van der Waals surface area (Å²) in [6.45, 7) is 0. The SMILES string of the molecule is NC(Cc1ccccc1[N+](=O)[O-])c1ccsc1. The lowest BCUT2D eigenvalue weighted by Crippen LogP contribution is -2.13. The zero-order valence-corrected chi connectivity index (χ0v) is 9.89. The van der Waals surface area contributed by atoms with Gasteiger partial charge in [0.15, 0.2) is 0 Å². The number of nitrogens with two attached hydrogens (primary N) is 1. The molecule has 1 aromatic carbocycles. The van der Waals surface area contributed by atoms with Crippen LogP contribution in [0.15, 0.2) is 41.1 Å². The van der Waals surface area contributed by atoms with Gasteiger partial charge in [-0.05, 0) is 28.8 Å². The molecule has 1 atom stereocenters. The molecule has 0 aliphatic rings. The van der Waals surface area contributed by atoms with E-state index in [-0.39, 0.29) is 16.7 Å². The maximum absolute atomic E-state index is 10.9. The van der Waals surface area contributed by atoms with Crippen molar-refractivity contribution in [3.05, 3.63) is 62.3 Å². The second-order valence-electron chi connectivity index (χ2n) is 3.75. The minimum Gasteiger partial charge on any atom is -0.324 e. The molecule has 17 heavy (non-hydrogen) atoms. The fourth-order valence-electron chi connectivity index (χ4n) is 1.70. The molecule has 5 heteroatoms. The first-order chi connectivity index (χ1) is 8.18. The standard InChI is InChI=1S/C12H12N2O2S/c13-11(10-5-6-17-8-10)7-9-3-1-2-4-12(9)14(15)16/h1-6,8,11H,7,13H2. The second kappa shape index (κ2) is 5.07. The van der Waals surface area contributed by atoms with Gasteiger partial charge in [0.05, 0.1) is 4.92 Å². The first-order valence-corrected chi connectivity index (χ1v) is 6.12. The van der Waals surface area contributed by atoms with Crippen molar-refractivity contribution in [2.45, 2.75) is 12.5 Å². The van der Waals surface area contributed by atoms with Crippen molar-refractivity contribution in [3.63, 3.8) is 0 Å². The van der Waals surface area contributed by atoms with Crippen LogP contribution in [0.3, 0.4) is 0 Å². The normalized spacial score (nSPS) is 12.3. The molecule has 0 fully saturated rings. The third-order valence-corrected chi connectivity index (χ3v) is 3.30. The molecule has 2 aromatic rings. The minimum atomic E-state index is -0.365. The molecule has 0 aliphatic heterocycles. The smallest absolute Gasteiger partial charge is 0.272 e. The summed E-state index contributed by atoms with van der Waals surface area (Å²) >= 11 is 1.58. The summed E-state index contributed by atoms with van der Waals surface area (Å²) in [5, 5.41) is 14.8. The molecule has 2 N–H and O–H groups in total. The van der Waals surface area contributed by atoms with Crippen LogP contribution in [0.1, 0.15) is 17.2 Å². The van der Waals surface area contributed by atoms with E-state index in [4.69, 9.17) is 5.73 Å². The van der Waals surface area contributed by atoms with E-state index in [1.165, 1.54) is 6.07 Å². The van der Waals surface area contributed by atoms with Gasteiger partial charge in [0.25, 0.3) is 5.69 Å². The van der Waals surface area contributed by atoms with Gasteiger partial charge in [0.2, 0.25) is 0 Å². The zero-order chi connectivity index (χ0) is 12.3. The summed E-state index contributed by atoms with van der Waals surface area (Å²) in [5.41, 5.74) is 7.86. The van der Waals surface area contributed by atoms with Crippen molar-refractivity contribution in [1.29, 1.82) is 0 Å². The Balaban J connectivity index is 2.21. The number of nitrogens with zero attached hydrogens (tertiary/aromatic N) is 1. The fraction of sp³-hybridized carbons (Fsp3) is 0.167. The molecular formula is C12H12N2O2S. The Bertz CT molecular complexity index is 511. The average Bonchev–Trinajstić information content (AvgIpc) is 2.83. The third kappa shape index (κ3) is 2.69. The summed E-state index contributed by atoms with van der Waals surface area (Å²) < 4.78 is 0. The van der Waals surface area contributed by atoms with Gasteiger partial charge in [-0.3, -0.25) is 10.1 Å². The van der Waals surface area contributed by atoms with E-state index >= 15 is 0 Å². The van der Waals surface area contributed by atoms with E-state index < -0.39 is 0 Å². The molecule has 0 aliphatic carbocycles. The molecule has 0 bridgehead atoms. The second-order valence-corrected chi connectivity index (χ2v) is 4.53. The summed E-state index contributed by atoms with van der Waals surface area (Å²) in [7, 11) is 0. The van der Waals surface area contributed by atoms with Gasteiger partial charge in [-0.25, -0.2) is 0 Å². The molecule has 0 saturated heterocycles. The van der Waals surface area contributed by atoms with Crippen LogP contribution in [-0.2, 0) is 6.42 Å². The summed E-state index contributed by atoms with van der Waals surface area (Å²) in [6.07, 6.45) is 0.480. The molecule has 0 radical (unpaired) electrons. The molecule has 1 unspecified atom stereocenters. The van der Waals surface area contributed by atoms with Crippen LogP contribution in [0.4, 0.5) is 5.69 Å². The third-order valence-electron chi connectivity index (χ3n) is 2.60.